The van der Waals surface area contributed by atoms with E-state index < -0.39 is 10.0 Å². The van der Waals surface area contributed by atoms with E-state index in [0.29, 0.717) is 13.2 Å². The summed E-state index contributed by atoms with van der Waals surface area (Å²) in [6.07, 6.45) is 1.05. The molecule has 0 saturated carbocycles. The highest BCUT2D eigenvalue weighted by molar-refractivity contribution is 14.0. The van der Waals surface area contributed by atoms with E-state index in [9.17, 15) is 8.42 Å². The second-order valence-electron chi connectivity index (χ2n) is 4.90. The first-order valence-corrected chi connectivity index (χ1v) is 8.70. The standard InChI is InChI=1S/C14H22N4O3S.HI/c1-21-10-9-18-22(19,20)13-5-3-12(4-6-13)11-17-14-15-7-2-8-16-14;/h3-6,18H,2,7-11H2,1H3,(H2,15,16,17);1H. The van der Waals surface area contributed by atoms with E-state index in [0.717, 1.165) is 31.0 Å². The highest BCUT2D eigenvalue weighted by Gasteiger charge is 2.13. The number of ether oxygens (including phenoxy) is 1. The van der Waals surface area contributed by atoms with Gasteiger partial charge in [-0.2, -0.15) is 0 Å². The van der Waals surface area contributed by atoms with Gasteiger partial charge in [0.1, 0.15) is 0 Å². The SMILES string of the molecule is COCCNS(=O)(=O)c1ccc(CNC2=NCCCN2)cc1.I. The van der Waals surface area contributed by atoms with E-state index >= 15 is 0 Å². The van der Waals surface area contributed by atoms with E-state index in [-0.39, 0.29) is 35.4 Å². The fourth-order valence-electron chi connectivity index (χ4n) is 1.98. The first-order chi connectivity index (χ1) is 10.6. The Bertz CT molecular complexity index is 605. The lowest BCUT2D eigenvalue weighted by Crippen LogP contribution is -2.40. The molecule has 1 aromatic rings. The quantitative estimate of drug-likeness (QED) is 0.416. The maximum atomic E-state index is 12.0. The number of hydrogen-bond acceptors (Lipinski definition) is 6. The number of nitrogens with one attached hydrogen (secondary N) is 3. The van der Waals surface area contributed by atoms with Crippen molar-refractivity contribution in [3.8, 4) is 0 Å². The fraction of sp³-hybridized carbons (Fsp3) is 0.500. The Morgan fingerprint density at radius 1 is 1.30 bits per heavy atom. The monoisotopic (exact) mass is 454 g/mol. The Balaban J connectivity index is 0.00000264. The highest BCUT2D eigenvalue weighted by Crippen LogP contribution is 2.10. The van der Waals surface area contributed by atoms with E-state index in [1.807, 2.05) is 0 Å². The zero-order valence-corrected chi connectivity index (χ0v) is 16.2. The van der Waals surface area contributed by atoms with E-state index in [1.54, 1.807) is 24.3 Å². The molecule has 0 bridgehead atoms. The van der Waals surface area contributed by atoms with Gasteiger partial charge in [-0.3, -0.25) is 4.99 Å². The van der Waals surface area contributed by atoms with Gasteiger partial charge in [-0.1, -0.05) is 12.1 Å². The van der Waals surface area contributed by atoms with E-state index in [4.69, 9.17) is 4.74 Å². The Hall–Kier alpha value is -0.910. The van der Waals surface area contributed by atoms with Crippen molar-refractivity contribution < 1.29 is 13.2 Å². The first kappa shape index (κ1) is 20.1. The molecule has 1 aliphatic rings. The average molecular weight is 454 g/mol. The number of sulfonamides is 1. The number of aliphatic imine (C=N–C) groups is 1. The van der Waals surface area contributed by atoms with Crippen LogP contribution < -0.4 is 15.4 Å². The van der Waals surface area contributed by atoms with Crippen LogP contribution in [0.3, 0.4) is 0 Å². The summed E-state index contributed by atoms with van der Waals surface area (Å²) in [6.45, 7) is 2.96. The van der Waals surface area contributed by atoms with Crippen LogP contribution in [0, 0.1) is 0 Å². The third kappa shape index (κ3) is 6.61. The normalized spacial score (nSPS) is 14.4. The van der Waals surface area contributed by atoms with Gasteiger partial charge in [0.25, 0.3) is 0 Å². The van der Waals surface area contributed by atoms with Crippen LogP contribution in [-0.2, 0) is 21.3 Å². The van der Waals surface area contributed by atoms with Crippen molar-refractivity contribution in [2.75, 3.05) is 33.4 Å². The molecule has 0 saturated heterocycles. The number of nitrogens with zero attached hydrogens (tertiary/aromatic N) is 1. The van der Waals surface area contributed by atoms with Gasteiger partial charge in [0.05, 0.1) is 11.5 Å². The van der Waals surface area contributed by atoms with Crippen LogP contribution in [0.5, 0.6) is 0 Å². The number of guanidine groups is 1. The molecule has 9 heteroatoms. The molecule has 1 aliphatic heterocycles. The fourth-order valence-corrected chi connectivity index (χ4v) is 3.00. The molecule has 7 nitrogen and oxygen atoms in total. The van der Waals surface area contributed by atoms with Gasteiger partial charge in [0, 0.05) is 33.3 Å². The minimum atomic E-state index is -3.47. The van der Waals surface area contributed by atoms with Gasteiger partial charge in [0.2, 0.25) is 10.0 Å². The Labute approximate surface area is 154 Å². The van der Waals surface area contributed by atoms with Crippen molar-refractivity contribution in [1.29, 1.82) is 0 Å². The molecule has 1 heterocycles. The molecule has 130 valence electrons. The summed E-state index contributed by atoms with van der Waals surface area (Å²) < 4.78 is 31.3. The molecule has 0 spiro atoms. The van der Waals surface area contributed by atoms with Crippen molar-refractivity contribution in [2.24, 2.45) is 4.99 Å². The summed E-state index contributed by atoms with van der Waals surface area (Å²) in [6, 6.07) is 6.78. The largest absolute Gasteiger partial charge is 0.383 e. The molecule has 0 atom stereocenters. The summed E-state index contributed by atoms with van der Waals surface area (Å²) in [5.41, 5.74) is 0.992. The summed E-state index contributed by atoms with van der Waals surface area (Å²) in [5, 5.41) is 6.37. The Kier molecular flexibility index (Phi) is 8.81. The molecule has 3 N–H and O–H groups in total. The van der Waals surface area contributed by atoms with Crippen LogP contribution in [0.1, 0.15) is 12.0 Å². The lowest BCUT2D eigenvalue weighted by molar-refractivity contribution is 0.204. The molecule has 1 aromatic carbocycles. The molecule has 0 aromatic heterocycles. The second-order valence-corrected chi connectivity index (χ2v) is 6.67. The molecule has 23 heavy (non-hydrogen) atoms. The number of benzene rings is 1. The van der Waals surface area contributed by atoms with Crippen molar-refractivity contribution in [3.63, 3.8) is 0 Å². The molecule has 0 fully saturated rings. The van der Waals surface area contributed by atoms with Crippen molar-refractivity contribution in [3.05, 3.63) is 29.8 Å². The van der Waals surface area contributed by atoms with Gasteiger partial charge < -0.3 is 15.4 Å². The third-order valence-electron chi connectivity index (χ3n) is 3.19. The zero-order valence-electron chi connectivity index (χ0n) is 13.0. The summed E-state index contributed by atoms with van der Waals surface area (Å²) >= 11 is 0. The number of rotatable bonds is 7. The zero-order chi connectivity index (χ0) is 15.8. The molecule has 0 aliphatic carbocycles. The van der Waals surface area contributed by atoms with Crippen LogP contribution in [-0.4, -0.2) is 47.7 Å². The van der Waals surface area contributed by atoms with Gasteiger partial charge in [-0.25, -0.2) is 13.1 Å². The van der Waals surface area contributed by atoms with E-state index in [1.165, 1.54) is 7.11 Å². The minimum absolute atomic E-state index is 0. The average Bonchev–Trinajstić information content (AvgIpc) is 2.54. The van der Waals surface area contributed by atoms with Crippen LogP contribution >= 0.6 is 24.0 Å². The molecule has 0 radical (unpaired) electrons. The van der Waals surface area contributed by atoms with Crippen molar-refractivity contribution >= 4 is 40.0 Å². The Morgan fingerprint density at radius 3 is 2.65 bits per heavy atom. The van der Waals surface area contributed by atoms with Gasteiger partial charge >= 0.3 is 0 Å². The predicted octanol–water partition coefficient (Wildman–Crippen LogP) is 0.668. The Morgan fingerprint density at radius 2 is 2.04 bits per heavy atom. The molecular weight excluding hydrogens is 431 g/mol. The highest BCUT2D eigenvalue weighted by atomic mass is 127. The minimum Gasteiger partial charge on any atom is -0.383 e. The van der Waals surface area contributed by atoms with Crippen LogP contribution in [0.2, 0.25) is 0 Å². The smallest absolute Gasteiger partial charge is 0.240 e. The number of hydrogen-bond donors (Lipinski definition) is 3. The lowest BCUT2D eigenvalue weighted by atomic mass is 10.2. The molecular formula is C14H23IN4O3S. The van der Waals surface area contributed by atoms with Gasteiger partial charge in [-0.15, -0.1) is 24.0 Å². The van der Waals surface area contributed by atoms with Gasteiger partial charge in [0.15, 0.2) is 5.96 Å². The lowest BCUT2D eigenvalue weighted by Gasteiger charge is -2.16. The van der Waals surface area contributed by atoms with Crippen molar-refractivity contribution in [2.45, 2.75) is 17.9 Å². The van der Waals surface area contributed by atoms with Crippen LogP contribution in [0.4, 0.5) is 0 Å². The number of halogens is 1. The molecule has 2 rings (SSSR count). The summed E-state index contributed by atoms with van der Waals surface area (Å²) in [7, 11) is -1.94. The predicted molar refractivity (Wildman–Crippen MR) is 101 cm³/mol. The third-order valence-corrected chi connectivity index (χ3v) is 4.67. The summed E-state index contributed by atoms with van der Waals surface area (Å²) in [5.74, 6) is 0.796. The van der Waals surface area contributed by atoms with E-state index in [2.05, 4.69) is 20.3 Å². The molecule has 0 unspecified atom stereocenters. The maximum Gasteiger partial charge on any atom is 0.240 e. The molecule has 0 amide bonds. The first-order valence-electron chi connectivity index (χ1n) is 7.21. The maximum absolute atomic E-state index is 12.0. The second kappa shape index (κ2) is 10.1. The van der Waals surface area contributed by atoms with Crippen LogP contribution in [0.25, 0.3) is 0 Å². The summed E-state index contributed by atoms with van der Waals surface area (Å²) in [4.78, 5) is 4.57. The van der Waals surface area contributed by atoms with Crippen molar-refractivity contribution in [1.82, 2.24) is 15.4 Å². The topological polar surface area (TPSA) is 91.8 Å². The van der Waals surface area contributed by atoms with Crippen LogP contribution in [0.15, 0.2) is 34.2 Å². The number of methoxy groups -OCH3 is 1. The van der Waals surface area contributed by atoms with Gasteiger partial charge in [-0.05, 0) is 24.1 Å².